The lowest BCUT2D eigenvalue weighted by molar-refractivity contribution is 0.0690. The molecule has 136 valence electrons. The molecule has 0 unspecified atom stereocenters. The molecule has 4 aromatic rings. The Bertz CT molecular complexity index is 1120. The number of carboxylic acid groups (broad SMARTS) is 1. The molecular weight excluding hydrogens is 356 g/mol. The molecule has 0 aliphatic carbocycles. The minimum atomic E-state index is -0.973. The second kappa shape index (κ2) is 6.67. The summed E-state index contributed by atoms with van der Waals surface area (Å²) in [6, 6.07) is 17.8. The number of aromatic nitrogens is 2. The zero-order valence-electron chi connectivity index (χ0n) is 15.4. The van der Waals surface area contributed by atoms with E-state index in [9.17, 15) is 9.90 Å². The predicted molar refractivity (Wildman–Crippen MR) is 110 cm³/mol. The molecule has 0 aliphatic heterocycles. The summed E-state index contributed by atoms with van der Waals surface area (Å²) in [6.45, 7) is 6.33. The van der Waals surface area contributed by atoms with E-state index in [1.807, 2.05) is 37.3 Å². The first-order valence-electron chi connectivity index (χ1n) is 8.88. The Balaban J connectivity index is 1.98. The van der Waals surface area contributed by atoms with E-state index in [1.165, 1.54) is 16.9 Å². The molecule has 2 aromatic heterocycles. The maximum atomic E-state index is 12.2. The Morgan fingerprint density at radius 3 is 2.30 bits per heavy atom. The Morgan fingerprint density at radius 2 is 1.70 bits per heavy atom. The molecule has 0 amide bonds. The third kappa shape index (κ3) is 2.94. The Hall–Kier alpha value is -2.92. The second-order valence-corrected chi connectivity index (χ2v) is 8.06. The summed E-state index contributed by atoms with van der Waals surface area (Å²) in [4.78, 5) is 18.6. The van der Waals surface area contributed by atoms with Crippen LogP contribution in [0, 0.1) is 6.92 Å². The van der Waals surface area contributed by atoms with Gasteiger partial charge in [0, 0.05) is 10.4 Å². The van der Waals surface area contributed by atoms with Crippen LogP contribution in [0.4, 0.5) is 0 Å². The van der Waals surface area contributed by atoms with Gasteiger partial charge in [0.2, 0.25) is 0 Å². The minimum Gasteiger partial charge on any atom is -0.476 e. The van der Waals surface area contributed by atoms with Crippen molar-refractivity contribution in [3.8, 4) is 22.5 Å². The van der Waals surface area contributed by atoms with E-state index in [0.29, 0.717) is 16.6 Å². The average molecular weight is 376 g/mol. The molecule has 27 heavy (non-hydrogen) atoms. The van der Waals surface area contributed by atoms with E-state index in [1.54, 1.807) is 4.40 Å². The predicted octanol–water partition coefficient (Wildman–Crippen LogP) is 5.86. The van der Waals surface area contributed by atoms with Crippen LogP contribution in [-0.2, 0) is 0 Å². The molecule has 4 rings (SSSR count). The monoisotopic (exact) mass is 376 g/mol. The fourth-order valence-electron chi connectivity index (χ4n) is 3.37. The summed E-state index contributed by atoms with van der Waals surface area (Å²) in [5, 5.41) is 9.96. The highest BCUT2D eigenvalue weighted by atomic mass is 32.1. The number of benzene rings is 2. The summed E-state index contributed by atoms with van der Waals surface area (Å²) in [7, 11) is 0. The molecule has 0 fully saturated rings. The lowest BCUT2D eigenvalue weighted by Gasteiger charge is -2.09. The van der Waals surface area contributed by atoms with E-state index in [2.05, 4.69) is 43.1 Å². The minimum absolute atomic E-state index is 0.212. The molecule has 1 N–H and O–H groups in total. The number of fused-ring (bicyclic) bond motifs is 1. The van der Waals surface area contributed by atoms with Crippen molar-refractivity contribution >= 4 is 22.3 Å². The number of carboxylic acids is 1. The van der Waals surface area contributed by atoms with Crippen LogP contribution in [-0.4, -0.2) is 20.5 Å². The van der Waals surface area contributed by atoms with E-state index >= 15 is 0 Å². The zero-order valence-corrected chi connectivity index (χ0v) is 16.2. The molecule has 0 atom stereocenters. The van der Waals surface area contributed by atoms with Crippen molar-refractivity contribution in [2.45, 2.75) is 26.7 Å². The first-order chi connectivity index (χ1) is 13.0. The van der Waals surface area contributed by atoms with Crippen LogP contribution < -0.4 is 0 Å². The summed E-state index contributed by atoms with van der Waals surface area (Å²) in [5.41, 5.74) is 4.69. The van der Waals surface area contributed by atoms with Crippen molar-refractivity contribution in [3.05, 3.63) is 70.7 Å². The summed E-state index contributed by atoms with van der Waals surface area (Å²) in [6.07, 6.45) is 0. The Labute approximate surface area is 161 Å². The van der Waals surface area contributed by atoms with Gasteiger partial charge in [0.15, 0.2) is 10.7 Å². The van der Waals surface area contributed by atoms with Crippen LogP contribution in [0.1, 0.15) is 40.7 Å². The number of aromatic carboxylic acids is 1. The van der Waals surface area contributed by atoms with Crippen molar-refractivity contribution in [2.75, 3.05) is 0 Å². The molecule has 0 radical (unpaired) electrons. The second-order valence-electron chi connectivity index (χ2n) is 6.88. The number of rotatable bonds is 4. The van der Waals surface area contributed by atoms with Crippen LogP contribution >= 0.6 is 11.3 Å². The molecule has 4 nitrogen and oxygen atoms in total. The fraction of sp³-hybridized carbons (Fsp3) is 0.182. The van der Waals surface area contributed by atoms with Crippen LogP contribution in [0.3, 0.4) is 0 Å². The van der Waals surface area contributed by atoms with E-state index in [0.717, 1.165) is 21.7 Å². The van der Waals surface area contributed by atoms with Gasteiger partial charge in [-0.25, -0.2) is 9.78 Å². The van der Waals surface area contributed by atoms with Crippen molar-refractivity contribution < 1.29 is 9.90 Å². The van der Waals surface area contributed by atoms with Crippen molar-refractivity contribution in [2.24, 2.45) is 0 Å². The third-order valence-corrected chi connectivity index (χ3v) is 5.70. The SMILES string of the molecule is Cc1sc2nc(-c3ccccc3)c(C(=O)O)n2c1-c1ccc(C(C)C)cc1. The van der Waals surface area contributed by atoms with E-state index < -0.39 is 5.97 Å². The highest BCUT2D eigenvalue weighted by molar-refractivity contribution is 7.17. The van der Waals surface area contributed by atoms with Crippen LogP contribution in [0.5, 0.6) is 0 Å². The zero-order chi connectivity index (χ0) is 19.1. The fourth-order valence-corrected chi connectivity index (χ4v) is 4.36. The molecule has 5 heteroatoms. The molecule has 2 heterocycles. The van der Waals surface area contributed by atoms with Gasteiger partial charge >= 0.3 is 5.97 Å². The van der Waals surface area contributed by atoms with E-state index in [-0.39, 0.29) is 5.69 Å². The highest BCUT2D eigenvalue weighted by Crippen LogP contribution is 2.36. The lowest BCUT2D eigenvalue weighted by atomic mass is 10.0. The number of aryl methyl sites for hydroxylation is 1. The molecule has 0 aliphatic rings. The number of hydrogen-bond acceptors (Lipinski definition) is 3. The summed E-state index contributed by atoms with van der Waals surface area (Å²) >= 11 is 1.52. The van der Waals surface area contributed by atoms with Gasteiger partial charge in [-0.15, -0.1) is 11.3 Å². The quantitative estimate of drug-likeness (QED) is 0.485. The number of carbonyl (C=O) groups is 1. The van der Waals surface area contributed by atoms with Crippen LogP contribution in [0.2, 0.25) is 0 Å². The van der Waals surface area contributed by atoms with Crippen molar-refractivity contribution in [1.29, 1.82) is 0 Å². The van der Waals surface area contributed by atoms with E-state index in [4.69, 9.17) is 0 Å². The number of nitrogens with zero attached hydrogens (tertiary/aromatic N) is 2. The third-order valence-electron chi connectivity index (χ3n) is 4.75. The largest absolute Gasteiger partial charge is 0.476 e. The smallest absolute Gasteiger partial charge is 0.355 e. The van der Waals surface area contributed by atoms with Crippen LogP contribution in [0.15, 0.2) is 54.6 Å². The first-order valence-corrected chi connectivity index (χ1v) is 9.70. The lowest BCUT2D eigenvalue weighted by Crippen LogP contribution is -2.04. The van der Waals surface area contributed by atoms with Gasteiger partial charge in [-0.1, -0.05) is 68.4 Å². The molecule has 0 saturated heterocycles. The Morgan fingerprint density at radius 1 is 1.04 bits per heavy atom. The van der Waals surface area contributed by atoms with Crippen LogP contribution in [0.25, 0.3) is 27.5 Å². The molecule has 2 aromatic carbocycles. The summed E-state index contributed by atoms with van der Waals surface area (Å²) < 4.78 is 1.79. The van der Waals surface area contributed by atoms with Gasteiger partial charge in [-0.05, 0) is 24.0 Å². The Kier molecular flexibility index (Phi) is 4.32. The maximum Gasteiger partial charge on any atom is 0.355 e. The molecule has 0 saturated carbocycles. The van der Waals surface area contributed by atoms with Gasteiger partial charge in [0.25, 0.3) is 0 Å². The molecular formula is C22H20N2O2S. The van der Waals surface area contributed by atoms with Gasteiger partial charge in [-0.3, -0.25) is 4.40 Å². The van der Waals surface area contributed by atoms with Gasteiger partial charge in [0.05, 0.1) is 5.69 Å². The number of imidazole rings is 1. The van der Waals surface area contributed by atoms with Gasteiger partial charge in [-0.2, -0.15) is 0 Å². The maximum absolute atomic E-state index is 12.2. The molecule has 0 bridgehead atoms. The van der Waals surface area contributed by atoms with Crippen molar-refractivity contribution in [1.82, 2.24) is 9.38 Å². The topological polar surface area (TPSA) is 54.6 Å². The number of thiazole rings is 1. The highest BCUT2D eigenvalue weighted by Gasteiger charge is 2.25. The number of hydrogen-bond donors (Lipinski definition) is 1. The standard InChI is InChI=1S/C22H20N2O2S/c1-13(2)15-9-11-17(12-10-15)19-14(3)27-22-23-18(16-7-5-4-6-8-16)20(21(25)26)24(19)22/h4-13H,1-3H3,(H,25,26). The normalized spacial score (nSPS) is 11.4. The van der Waals surface area contributed by atoms with Crippen molar-refractivity contribution in [3.63, 3.8) is 0 Å². The van der Waals surface area contributed by atoms with Gasteiger partial charge in [0.1, 0.15) is 5.69 Å². The first kappa shape index (κ1) is 17.5. The van der Waals surface area contributed by atoms with Gasteiger partial charge < -0.3 is 5.11 Å². The molecule has 0 spiro atoms. The average Bonchev–Trinajstić information content (AvgIpc) is 3.17. The summed E-state index contributed by atoms with van der Waals surface area (Å²) in [5.74, 6) is -0.519.